The van der Waals surface area contributed by atoms with E-state index in [1.807, 2.05) is 24.3 Å². The summed E-state index contributed by atoms with van der Waals surface area (Å²) in [6.07, 6.45) is 2.88. The van der Waals surface area contributed by atoms with Crippen molar-refractivity contribution in [3.63, 3.8) is 0 Å². The van der Waals surface area contributed by atoms with Crippen molar-refractivity contribution in [3.8, 4) is 11.5 Å². The van der Waals surface area contributed by atoms with E-state index >= 15 is 0 Å². The van der Waals surface area contributed by atoms with E-state index in [-0.39, 0.29) is 12.2 Å². The Kier molecular flexibility index (Phi) is 5.49. The first-order valence-corrected chi connectivity index (χ1v) is 9.88. The molecule has 8 heteroatoms. The van der Waals surface area contributed by atoms with Crippen LogP contribution in [0.4, 0.5) is 0 Å². The highest BCUT2D eigenvalue weighted by molar-refractivity contribution is 7.23. The van der Waals surface area contributed by atoms with Gasteiger partial charge in [0, 0.05) is 17.7 Å². The Morgan fingerprint density at radius 1 is 1.13 bits per heavy atom. The van der Waals surface area contributed by atoms with Crippen LogP contribution in [-0.4, -0.2) is 29.6 Å². The number of fused-ring (bicyclic) bond motifs is 3. The fourth-order valence-corrected chi connectivity index (χ4v) is 4.14. The first-order valence-electron chi connectivity index (χ1n) is 9.07. The van der Waals surface area contributed by atoms with E-state index in [4.69, 9.17) is 14.2 Å². The van der Waals surface area contributed by atoms with Crippen molar-refractivity contribution in [2.75, 3.05) is 14.2 Å². The Morgan fingerprint density at radius 3 is 2.77 bits per heavy atom. The van der Waals surface area contributed by atoms with Gasteiger partial charge in [-0.05, 0) is 24.3 Å². The molecule has 0 aliphatic heterocycles. The van der Waals surface area contributed by atoms with Gasteiger partial charge in [-0.3, -0.25) is 9.20 Å². The van der Waals surface area contributed by atoms with Gasteiger partial charge in [-0.15, -0.1) is 0 Å². The number of aromatic nitrogens is 2. The molecule has 2 aromatic heterocycles. The van der Waals surface area contributed by atoms with Gasteiger partial charge in [0.05, 0.1) is 30.1 Å². The summed E-state index contributed by atoms with van der Waals surface area (Å²) in [7, 11) is 3.07. The molecular formula is C22H18N2O5S. The van der Waals surface area contributed by atoms with Crippen molar-refractivity contribution in [2.45, 2.75) is 6.61 Å². The van der Waals surface area contributed by atoms with Crippen LogP contribution in [0.15, 0.2) is 59.4 Å². The third-order valence-corrected chi connectivity index (χ3v) is 5.46. The molecule has 30 heavy (non-hydrogen) atoms. The number of esters is 1. The molecule has 4 rings (SSSR count). The number of benzene rings is 2. The lowest BCUT2D eigenvalue weighted by atomic mass is 10.1. The van der Waals surface area contributed by atoms with Gasteiger partial charge >= 0.3 is 5.97 Å². The van der Waals surface area contributed by atoms with Crippen molar-refractivity contribution >= 4 is 38.6 Å². The number of carbonyl (C=O) groups excluding carboxylic acids is 1. The van der Waals surface area contributed by atoms with Crippen LogP contribution in [0.1, 0.15) is 11.3 Å². The smallest absolute Gasteiger partial charge is 0.331 e. The first-order chi connectivity index (χ1) is 14.6. The minimum absolute atomic E-state index is 0.0988. The Morgan fingerprint density at radius 2 is 1.97 bits per heavy atom. The first kappa shape index (κ1) is 19.7. The van der Waals surface area contributed by atoms with E-state index in [0.717, 1.165) is 10.2 Å². The molecular weight excluding hydrogens is 404 g/mol. The Bertz CT molecular complexity index is 1320. The van der Waals surface area contributed by atoms with Crippen LogP contribution in [0, 0.1) is 0 Å². The Balaban J connectivity index is 1.50. The lowest BCUT2D eigenvalue weighted by Crippen LogP contribution is -2.15. The average molecular weight is 422 g/mol. The number of nitrogens with zero attached hydrogens (tertiary/aromatic N) is 2. The topological polar surface area (TPSA) is 79.1 Å². The van der Waals surface area contributed by atoms with E-state index in [2.05, 4.69) is 4.98 Å². The molecule has 4 aromatic rings. The van der Waals surface area contributed by atoms with Crippen LogP contribution in [0.2, 0.25) is 0 Å². The molecule has 0 atom stereocenters. The predicted molar refractivity (Wildman–Crippen MR) is 115 cm³/mol. The number of thiazole rings is 1. The molecule has 0 fully saturated rings. The molecule has 0 saturated heterocycles. The summed E-state index contributed by atoms with van der Waals surface area (Å²) in [5.41, 5.74) is 1.68. The minimum atomic E-state index is -0.557. The molecule has 2 aromatic carbocycles. The molecule has 0 aliphatic carbocycles. The lowest BCUT2D eigenvalue weighted by Gasteiger charge is -2.09. The number of rotatable bonds is 6. The number of hydrogen-bond donors (Lipinski definition) is 0. The number of para-hydroxylation sites is 2. The maximum absolute atomic E-state index is 12.5. The molecule has 0 saturated carbocycles. The monoisotopic (exact) mass is 422 g/mol. The maximum Gasteiger partial charge on any atom is 0.331 e. The van der Waals surface area contributed by atoms with Gasteiger partial charge in [0.25, 0.3) is 5.56 Å². The van der Waals surface area contributed by atoms with Gasteiger partial charge in [-0.25, -0.2) is 9.78 Å². The average Bonchev–Trinajstić information content (AvgIpc) is 3.14. The van der Waals surface area contributed by atoms with Gasteiger partial charge in [0.2, 0.25) is 0 Å². The van der Waals surface area contributed by atoms with Gasteiger partial charge in [0.15, 0.2) is 16.5 Å². The Hall–Kier alpha value is -3.65. The fourth-order valence-electron chi connectivity index (χ4n) is 3.09. The van der Waals surface area contributed by atoms with Crippen LogP contribution < -0.4 is 15.0 Å². The third kappa shape index (κ3) is 3.77. The van der Waals surface area contributed by atoms with Gasteiger partial charge in [-0.2, -0.15) is 0 Å². The van der Waals surface area contributed by atoms with E-state index in [1.165, 1.54) is 30.6 Å². The summed E-state index contributed by atoms with van der Waals surface area (Å²) in [6, 6.07) is 14.3. The van der Waals surface area contributed by atoms with Gasteiger partial charge < -0.3 is 14.2 Å². The summed E-state index contributed by atoms with van der Waals surface area (Å²) in [5.74, 6) is 0.529. The Labute approximate surface area is 175 Å². The summed E-state index contributed by atoms with van der Waals surface area (Å²) < 4.78 is 18.4. The van der Waals surface area contributed by atoms with Crippen LogP contribution in [0.5, 0.6) is 11.5 Å². The quantitative estimate of drug-likeness (QED) is 0.348. The van der Waals surface area contributed by atoms with Crippen molar-refractivity contribution in [1.82, 2.24) is 9.38 Å². The van der Waals surface area contributed by atoms with Crippen molar-refractivity contribution in [3.05, 3.63) is 76.2 Å². The van der Waals surface area contributed by atoms with Crippen LogP contribution >= 0.6 is 11.3 Å². The highest BCUT2D eigenvalue weighted by Gasteiger charge is 2.11. The highest BCUT2D eigenvalue weighted by atomic mass is 32.1. The largest absolute Gasteiger partial charge is 0.493 e. The molecule has 0 bridgehead atoms. The summed E-state index contributed by atoms with van der Waals surface area (Å²) >= 11 is 1.41. The molecule has 0 aliphatic rings. The second kappa shape index (κ2) is 8.38. The summed E-state index contributed by atoms with van der Waals surface area (Å²) in [6.45, 7) is -0.0988. The fraction of sp³-hybridized carbons (Fsp3) is 0.136. The second-order valence-corrected chi connectivity index (χ2v) is 7.31. The summed E-state index contributed by atoms with van der Waals surface area (Å²) in [5, 5.41) is 0. The number of hydrogen-bond acceptors (Lipinski definition) is 7. The number of ether oxygens (including phenoxy) is 3. The van der Waals surface area contributed by atoms with Crippen LogP contribution in [0.25, 0.3) is 21.3 Å². The number of carbonyl (C=O) groups is 1. The van der Waals surface area contributed by atoms with E-state index in [1.54, 1.807) is 35.8 Å². The van der Waals surface area contributed by atoms with E-state index in [0.29, 0.717) is 27.7 Å². The highest BCUT2D eigenvalue weighted by Crippen LogP contribution is 2.31. The normalized spacial score (nSPS) is 11.3. The molecule has 0 amide bonds. The maximum atomic E-state index is 12.5. The minimum Gasteiger partial charge on any atom is -0.493 e. The summed E-state index contributed by atoms with van der Waals surface area (Å²) in [4.78, 5) is 29.7. The van der Waals surface area contributed by atoms with E-state index in [9.17, 15) is 9.59 Å². The zero-order chi connectivity index (χ0) is 21.1. The molecule has 0 radical (unpaired) electrons. The third-order valence-electron chi connectivity index (χ3n) is 4.44. The van der Waals surface area contributed by atoms with Crippen LogP contribution in [0.3, 0.4) is 0 Å². The zero-order valence-electron chi connectivity index (χ0n) is 16.3. The molecule has 2 heterocycles. The van der Waals surface area contributed by atoms with Gasteiger partial charge in [-0.1, -0.05) is 35.6 Å². The number of methoxy groups -OCH3 is 2. The van der Waals surface area contributed by atoms with Crippen molar-refractivity contribution < 1.29 is 19.0 Å². The molecule has 0 unspecified atom stereocenters. The van der Waals surface area contributed by atoms with Crippen molar-refractivity contribution in [1.29, 1.82) is 0 Å². The standard InChI is InChI=1S/C22H18N2O5S/c1-27-17-8-5-6-14(21(17)28-2)10-11-20(26)29-13-15-12-19(25)24-16-7-3-4-9-18(16)30-22(24)23-15/h3-12H,13H2,1-2H3/b11-10+. The molecule has 152 valence electrons. The second-order valence-electron chi connectivity index (χ2n) is 6.30. The lowest BCUT2D eigenvalue weighted by molar-refractivity contribution is -0.139. The van der Waals surface area contributed by atoms with Crippen molar-refractivity contribution in [2.24, 2.45) is 0 Å². The predicted octanol–water partition coefficient (Wildman–Crippen LogP) is 3.68. The SMILES string of the molecule is COc1cccc(/C=C/C(=O)OCc2cc(=O)n3c(n2)sc2ccccc23)c1OC. The zero-order valence-corrected chi connectivity index (χ0v) is 17.1. The molecule has 0 N–H and O–H groups in total. The van der Waals surface area contributed by atoms with Gasteiger partial charge in [0.1, 0.15) is 6.61 Å². The molecule has 7 nitrogen and oxygen atoms in total. The molecule has 0 spiro atoms. The van der Waals surface area contributed by atoms with Crippen LogP contribution in [-0.2, 0) is 16.1 Å². The van der Waals surface area contributed by atoms with E-state index < -0.39 is 5.97 Å².